The van der Waals surface area contributed by atoms with Gasteiger partial charge in [0.15, 0.2) is 0 Å². The van der Waals surface area contributed by atoms with E-state index in [9.17, 15) is 25.2 Å². The largest absolute Gasteiger partial charge is 0.508 e. The average Bonchev–Trinajstić information content (AvgIpc) is 2.58. The van der Waals surface area contributed by atoms with E-state index in [0.717, 1.165) is 5.57 Å². The van der Waals surface area contributed by atoms with Gasteiger partial charge in [0.1, 0.15) is 28.6 Å². The SMILES string of the molecule is COc1cc(/C=C/c2ccc(O)cc2O)c(C(=O)O)c(O)c1CC=C(C)C. The maximum absolute atomic E-state index is 11.7. The Labute approximate surface area is 157 Å². The lowest BCUT2D eigenvalue weighted by atomic mass is 9.97. The number of hydrogen-bond donors (Lipinski definition) is 4. The number of ether oxygens (including phenoxy) is 1. The van der Waals surface area contributed by atoms with E-state index < -0.39 is 5.97 Å². The fourth-order valence-corrected chi connectivity index (χ4v) is 2.60. The topological polar surface area (TPSA) is 107 Å². The Kier molecular flexibility index (Phi) is 6.13. The third-order valence-corrected chi connectivity index (χ3v) is 4.00. The summed E-state index contributed by atoms with van der Waals surface area (Å²) < 4.78 is 5.33. The van der Waals surface area contributed by atoms with Crippen LogP contribution in [0.5, 0.6) is 23.0 Å². The summed E-state index contributed by atoms with van der Waals surface area (Å²) in [6, 6.07) is 5.60. The number of aromatic carboxylic acids is 1. The van der Waals surface area contributed by atoms with Crippen LogP contribution in [0.15, 0.2) is 35.9 Å². The van der Waals surface area contributed by atoms with Crippen molar-refractivity contribution in [2.45, 2.75) is 20.3 Å². The third kappa shape index (κ3) is 4.61. The lowest BCUT2D eigenvalue weighted by Crippen LogP contribution is -2.04. The van der Waals surface area contributed by atoms with Crippen molar-refractivity contribution in [3.63, 3.8) is 0 Å². The van der Waals surface area contributed by atoms with Gasteiger partial charge in [-0.1, -0.05) is 23.8 Å². The molecule has 0 aliphatic carbocycles. The van der Waals surface area contributed by atoms with Crippen molar-refractivity contribution >= 4 is 18.1 Å². The summed E-state index contributed by atoms with van der Waals surface area (Å²) in [7, 11) is 1.44. The number of phenols is 3. The molecule has 4 N–H and O–H groups in total. The first kappa shape index (κ1) is 19.9. The van der Waals surface area contributed by atoms with E-state index in [1.54, 1.807) is 0 Å². The van der Waals surface area contributed by atoms with Gasteiger partial charge in [-0.3, -0.25) is 0 Å². The molecular formula is C21H22O6. The van der Waals surface area contributed by atoms with E-state index in [4.69, 9.17) is 4.74 Å². The molecule has 6 heteroatoms. The van der Waals surface area contributed by atoms with Crippen molar-refractivity contribution in [2.75, 3.05) is 7.11 Å². The van der Waals surface area contributed by atoms with Crippen LogP contribution in [0.4, 0.5) is 0 Å². The Morgan fingerprint density at radius 3 is 2.30 bits per heavy atom. The zero-order valence-corrected chi connectivity index (χ0v) is 15.4. The summed E-state index contributed by atoms with van der Waals surface area (Å²) in [6.07, 6.45) is 5.15. The van der Waals surface area contributed by atoms with Crippen LogP contribution in [-0.2, 0) is 6.42 Å². The summed E-state index contributed by atoms with van der Waals surface area (Å²) in [4.78, 5) is 11.7. The zero-order chi connectivity index (χ0) is 20.1. The lowest BCUT2D eigenvalue weighted by molar-refractivity contribution is 0.0693. The predicted molar refractivity (Wildman–Crippen MR) is 103 cm³/mol. The Bertz CT molecular complexity index is 921. The predicted octanol–water partition coefficient (Wildman–Crippen LogP) is 4.19. The van der Waals surface area contributed by atoms with Crippen LogP contribution in [0.25, 0.3) is 12.2 Å². The Hall–Kier alpha value is -3.41. The summed E-state index contributed by atoms with van der Waals surface area (Å²) >= 11 is 0. The van der Waals surface area contributed by atoms with E-state index in [-0.39, 0.29) is 28.4 Å². The first-order chi connectivity index (χ1) is 12.7. The number of benzene rings is 2. The molecule has 0 aromatic heterocycles. The average molecular weight is 370 g/mol. The fourth-order valence-electron chi connectivity index (χ4n) is 2.60. The van der Waals surface area contributed by atoms with Gasteiger partial charge in [-0.05, 0) is 44.0 Å². The van der Waals surface area contributed by atoms with E-state index in [1.807, 2.05) is 19.9 Å². The second-order valence-corrected chi connectivity index (χ2v) is 6.24. The summed E-state index contributed by atoms with van der Waals surface area (Å²) in [5.41, 5.74) is 1.78. The minimum Gasteiger partial charge on any atom is -0.508 e. The van der Waals surface area contributed by atoms with Crippen molar-refractivity contribution < 1.29 is 30.0 Å². The summed E-state index contributed by atoms with van der Waals surface area (Å²) in [5.74, 6) is -1.50. The molecule has 0 heterocycles. The first-order valence-corrected chi connectivity index (χ1v) is 8.24. The van der Waals surface area contributed by atoms with Gasteiger partial charge in [-0.2, -0.15) is 0 Å². The van der Waals surface area contributed by atoms with Crippen LogP contribution >= 0.6 is 0 Å². The molecule has 0 aliphatic rings. The molecule has 0 saturated carbocycles. The number of hydrogen-bond acceptors (Lipinski definition) is 5. The molecule has 0 amide bonds. The molecule has 142 valence electrons. The molecule has 2 aromatic rings. The molecule has 0 spiro atoms. The molecule has 0 fully saturated rings. The minimum atomic E-state index is -1.27. The molecule has 6 nitrogen and oxygen atoms in total. The number of methoxy groups -OCH3 is 1. The molecule has 0 atom stereocenters. The maximum Gasteiger partial charge on any atom is 0.340 e. The summed E-state index contributed by atoms with van der Waals surface area (Å²) in [6.45, 7) is 3.81. The van der Waals surface area contributed by atoms with Crippen LogP contribution in [0.2, 0.25) is 0 Å². The molecule has 2 rings (SSSR count). The van der Waals surface area contributed by atoms with Crippen molar-refractivity contribution in [1.82, 2.24) is 0 Å². The lowest BCUT2D eigenvalue weighted by Gasteiger charge is -2.14. The molecule has 0 radical (unpaired) electrons. The van der Waals surface area contributed by atoms with E-state index in [2.05, 4.69) is 0 Å². The fraction of sp³-hybridized carbons (Fsp3) is 0.190. The number of aromatic hydroxyl groups is 3. The smallest absolute Gasteiger partial charge is 0.340 e. The number of phenolic OH excluding ortho intramolecular Hbond substituents is 2. The second kappa shape index (κ2) is 8.31. The van der Waals surface area contributed by atoms with Gasteiger partial charge in [0.25, 0.3) is 0 Å². The second-order valence-electron chi connectivity index (χ2n) is 6.24. The van der Waals surface area contributed by atoms with Crippen molar-refractivity contribution in [3.05, 3.63) is 58.2 Å². The first-order valence-electron chi connectivity index (χ1n) is 8.24. The minimum absolute atomic E-state index is 0.0844. The van der Waals surface area contributed by atoms with E-state index in [1.165, 1.54) is 43.5 Å². The van der Waals surface area contributed by atoms with Gasteiger partial charge in [0.2, 0.25) is 0 Å². The highest BCUT2D eigenvalue weighted by molar-refractivity contribution is 5.97. The van der Waals surface area contributed by atoms with Crippen LogP contribution in [0.3, 0.4) is 0 Å². The monoisotopic (exact) mass is 370 g/mol. The Morgan fingerprint density at radius 2 is 1.74 bits per heavy atom. The van der Waals surface area contributed by atoms with Crippen molar-refractivity contribution in [1.29, 1.82) is 0 Å². The number of carbonyl (C=O) groups is 1. The zero-order valence-electron chi connectivity index (χ0n) is 15.4. The molecule has 0 aliphatic heterocycles. The maximum atomic E-state index is 11.7. The third-order valence-electron chi connectivity index (χ3n) is 4.00. The molecule has 0 unspecified atom stereocenters. The quantitative estimate of drug-likeness (QED) is 0.449. The normalized spacial score (nSPS) is 10.8. The van der Waals surface area contributed by atoms with Crippen LogP contribution in [0.1, 0.15) is 40.9 Å². The number of allylic oxidation sites excluding steroid dienone is 2. The summed E-state index contributed by atoms with van der Waals surface area (Å²) in [5, 5.41) is 39.3. The highest BCUT2D eigenvalue weighted by Crippen LogP contribution is 2.36. The Balaban J connectivity index is 2.58. The number of rotatable bonds is 6. The highest BCUT2D eigenvalue weighted by Gasteiger charge is 2.21. The van der Waals surface area contributed by atoms with Gasteiger partial charge in [-0.25, -0.2) is 4.79 Å². The number of carboxylic acid groups (broad SMARTS) is 1. The van der Waals surface area contributed by atoms with E-state index >= 15 is 0 Å². The number of carboxylic acids is 1. The van der Waals surface area contributed by atoms with Crippen LogP contribution < -0.4 is 4.74 Å². The van der Waals surface area contributed by atoms with Gasteiger partial charge in [0, 0.05) is 17.2 Å². The highest BCUT2D eigenvalue weighted by atomic mass is 16.5. The molecule has 2 aromatic carbocycles. The van der Waals surface area contributed by atoms with Crippen LogP contribution in [0, 0.1) is 0 Å². The van der Waals surface area contributed by atoms with Gasteiger partial charge < -0.3 is 25.2 Å². The molecule has 0 saturated heterocycles. The molecule has 0 bridgehead atoms. The Morgan fingerprint density at radius 1 is 1.07 bits per heavy atom. The van der Waals surface area contributed by atoms with Gasteiger partial charge in [-0.15, -0.1) is 0 Å². The van der Waals surface area contributed by atoms with Crippen LogP contribution in [-0.4, -0.2) is 33.5 Å². The molecule has 27 heavy (non-hydrogen) atoms. The van der Waals surface area contributed by atoms with E-state index in [0.29, 0.717) is 23.3 Å². The van der Waals surface area contributed by atoms with Crippen molar-refractivity contribution in [2.24, 2.45) is 0 Å². The van der Waals surface area contributed by atoms with Gasteiger partial charge >= 0.3 is 5.97 Å². The standard InChI is InChI=1S/C21H22O6/c1-12(2)4-9-16-18(27-3)10-14(19(20(16)24)21(25)26)6-5-13-7-8-15(22)11-17(13)23/h4-8,10-11,22-24H,9H2,1-3H3,(H,25,26)/b6-5+. The van der Waals surface area contributed by atoms with Crippen molar-refractivity contribution in [3.8, 4) is 23.0 Å². The molecular weight excluding hydrogens is 348 g/mol. The van der Waals surface area contributed by atoms with Gasteiger partial charge in [0.05, 0.1) is 7.11 Å².